The van der Waals surface area contributed by atoms with Gasteiger partial charge in [-0.3, -0.25) is 0 Å². The van der Waals surface area contributed by atoms with E-state index in [4.69, 9.17) is 0 Å². The maximum Gasteiger partial charge on any atom is 0.432 e. The molecule has 172 valence electrons. The first-order valence-corrected chi connectivity index (χ1v) is 8.49. The smallest absolute Gasteiger partial charge is 0.429 e. The van der Waals surface area contributed by atoms with Crippen LogP contribution in [0.4, 0.5) is 39.5 Å². The Kier molecular flexibility index (Phi) is 6.87. The van der Waals surface area contributed by atoms with Gasteiger partial charge in [0, 0.05) is 12.1 Å². The van der Waals surface area contributed by atoms with Gasteiger partial charge >= 0.3 is 12.3 Å². The van der Waals surface area contributed by atoms with Crippen LogP contribution >= 0.6 is 0 Å². The van der Waals surface area contributed by atoms with E-state index in [0.717, 1.165) is 5.56 Å². The van der Waals surface area contributed by atoms with E-state index in [0.29, 0.717) is 17.7 Å². The van der Waals surface area contributed by atoms with Crippen molar-refractivity contribution < 1.29 is 44.3 Å². The third kappa shape index (κ3) is 5.00. The standard InChI is InChI=1S/C21H11F9O.CH4/c1-10-2-4-11(5-3-10)12-6-14(22)19(15(23)7-12)21(29,30)31-13-8-16(24)18(17(25)9-13)20(26,27)28;/h2-9H,1H3;1H4. The lowest BCUT2D eigenvalue weighted by atomic mass is 10.0. The lowest BCUT2D eigenvalue weighted by Gasteiger charge is -2.20. The molecule has 0 aliphatic carbocycles. The summed E-state index contributed by atoms with van der Waals surface area (Å²) in [5.74, 6) is -9.31. The van der Waals surface area contributed by atoms with E-state index in [-0.39, 0.29) is 25.1 Å². The summed E-state index contributed by atoms with van der Waals surface area (Å²) in [6.45, 7) is 1.76. The van der Waals surface area contributed by atoms with E-state index in [1.165, 1.54) is 12.1 Å². The van der Waals surface area contributed by atoms with Crippen molar-refractivity contribution in [3.63, 3.8) is 0 Å². The Morgan fingerprint density at radius 1 is 0.625 bits per heavy atom. The summed E-state index contributed by atoms with van der Waals surface area (Å²) in [6, 6.07) is 7.17. The fraction of sp³-hybridized carbons (Fsp3) is 0.182. The van der Waals surface area contributed by atoms with Gasteiger partial charge in [-0.25, -0.2) is 17.6 Å². The van der Waals surface area contributed by atoms with Crippen molar-refractivity contribution >= 4 is 0 Å². The molecule has 0 heterocycles. The molecule has 0 amide bonds. The third-order valence-corrected chi connectivity index (χ3v) is 4.26. The largest absolute Gasteiger partial charge is 0.432 e. The minimum absolute atomic E-state index is 0. The van der Waals surface area contributed by atoms with Gasteiger partial charge in [0.25, 0.3) is 0 Å². The van der Waals surface area contributed by atoms with Gasteiger partial charge in [0.2, 0.25) is 0 Å². The molecule has 10 heteroatoms. The molecule has 32 heavy (non-hydrogen) atoms. The lowest BCUT2D eigenvalue weighted by molar-refractivity contribution is -0.189. The number of ether oxygens (including phenoxy) is 1. The Labute approximate surface area is 177 Å². The van der Waals surface area contributed by atoms with Crippen molar-refractivity contribution in [2.45, 2.75) is 26.6 Å². The SMILES string of the molecule is C.Cc1ccc(-c2cc(F)c(C(F)(F)Oc3cc(F)c(C(F)(F)F)c(F)c3)c(F)c2)cc1. The van der Waals surface area contributed by atoms with Gasteiger partial charge in [0.05, 0.1) is 0 Å². The van der Waals surface area contributed by atoms with Crippen LogP contribution in [0.5, 0.6) is 5.75 Å². The highest BCUT2D eigenvalue weighted by molar-refractivity contribution is 5.64. The molecule has 0 unspecified atom stereocenters. The first-order valence-electron chi connectivity index (χ1n) is 8.49. The average molecular weight is 466 g/mol. The van der Waals surface area contributed by atoms with E-state index in [2.05, 4.69) is 4.74 Å². The Morgan fingerprint density at radius 3 is 1.50 bits per heavy atom. The molecule has 0 fully saturated rings. The lowest BCUT2D eigenvalue weighted by Crippen LogP contribution is -2.25. The van der Waals surface area contributed by atoms with Gasteiger partial charge in [-0.15, -0.1) is 0 Å². The molecule has 3 rings (SSSR count). The summed E-state index contributed by atoms with van der Waals surface area (Å²) in [6.07, 6.45) is -10.2. The summed E-state index contributed by atoms with van der Waals surface area (Å²) in [5, 5.41) is 0. The van der Waals surface area contributed by atoms with Crippen LogP contribution in [0.15, 0.2) is 48.5 Å². The maximum atomic E-state index is 14.4. The molecule has 0 radical (unpaired) electrons. The molecule has 0 aliphatic heterocycles. The average Bonchev–Trinajstić information content (AvgIpc) is 2.58. The van der Waals surface area contributed by atoms with Gasteiger partial charge < -0.3 is 4.74 Å². The molecule has 0 spiro atoms. The van der Waals surface area contributed by atoms with Gasteiger partial charge in [-0.2, -0.15) is 22.0 Å². The summed E-state index contributed by atoms with van der Waals surface area (Å²) in [7, 11) is 0. The van der Waals surface area contributed by atoms with Gasteiger partial charge in [0.1, 0.15) is 40.1 Å². The van der Waals surface area contributed by atoms with E-state index in [1.807, 2.05) is 0 Å². The molecule has 1 nitrogen and oxygen atoms in total. The van der Waals surface area contributed by atoms with Gasteiger partial charge in [-0.05, 0) is 30.2 Å². The van der Waals surface area contributed by atoms with Crippen molar-refractivity contribution in [3.05, 3.63) is 88.5 Å². The summed E-state index contributed by atoms with van der Waals surface area (Å²) < 4.78 is 126. The Hall–Kier alpha value is -3.17. The number of aryl methyl sites for hydroxylation is 1. The monoisotopic (exact) mass is 466 g/mol. The molecule has 0 aliphatic rings. The van der Waals surface area contributed by atoms with E-state index in [9.17, 15) is 39.5 Å². The molecule has 0 bridgehead atoms. The topological polar surface area (TPSA) is 9.23 Å². The van der Waals surface area contributed by atoms with Gasteiger partial charge in [-0.1, -0.05) is 37.3 Å². The Morgan fingerprint density at radius 2 is 1.06 bits per heavy atom. The first kappa shape index (κ1) is 25.1. The zero-order valence-corrected chi connectivity index (χ0v) is 15.4. The zero-order valence-electron chi connectivity index (χ0n) is 15.4. The van der Waals surface area contributed by atoms with Crippen LogP contribution in [-0.4, -0.2) is 0 Å². The Bertz CT molecular complexity index is 1070. The molecule has 0 saturated heterocycles. The van der Waals surface area contributed by atoms with Crippen LogP contribution in [0.25, 0.3) is 11.1 Å². The zero-order chi connectivity index (χ0) is 23.1. The van der Waals surface area contributed by atoms with Crippen LogP contribution in [-0.2, 0) is 12.3 Å². The first-order chi connectivity index (χ1) is 14.3. The number of rotatable bonds is 4. The molecular formula is C22H15F9O. The second-order valence-electron chi connectivity index (χ2n) is 6.56. The maximum absolute atomic E-state index is 14.4. The van der Waals surface area contributed by atoms with Crippen LogP contribution in [0.1, 0.15) is 24.1 Å². The fourth-order valence-electron chi connectivity index (χ4n) is 2.84. The molecule has 3 aromatic rings. The van der Waals surface area contributed by atoms with E-state index in [1.54, 1.807) is 19.1 Å². The molecule has 0 aromatic heterocycles. The fourth-order valence-corrected chi connectivity index (χ4v) is 2.84. The van der Waals surface area contributed by atoms with Crippen LogP contribution in [0.2, 0.25) is 0 Å². The second kappa shape index (κ2) is 8.76. The van der Waals surface area contributed by atoms with Gasteiger partial charge in [0.15, 0.2) is 0 Å². The van der Waals surface area contributed by atoms with Crippen LogP contribution < -0.4 is 4.74 Å². The molecule has 0 atom stereocenters. The number of halogens is 9. The third-order valence-electron chi connectivity index (χ3n) is 4.26. The number of benzene rings is 3. The molecule has 0 N–H and O–H groups in total. The predicted octanol–water partition coefficient (Wildman–Crippen LogP) is 8.00. The normalized spacial score (nSPS) is 11.8. The minimum atomic E-state index is -5.43. The highest BCUT2D eigenvalue weighted by atomic mass is 19.4. The van der Waals surface area contributed by atoms with Crippen LogP contribution in [0, 0.1) is 30.2 Å². The minimum Gasteiger partial charge on any atom is -0.429 e. The molecule has 0 saturated carbocycles. The summed E-state index contributed by atoms with van der Waals surface area (Å²) in [4.78, 5) is 0. The highest BCUT2D eigenvalue weighted by Gasteiger charge is 2.43. The number of hydrogen-bond acceptors (Lipinski definition) is 1. The van der Waals surface area contributed by atoms with Crippen molar-refractivity contribution in [2.75, 3.05) is 0 Å². The van der Waals surface area contributed by atoms with E-state index < -0.39 is 52.4 Å². The molecular weight excluding hydrogens is 451 g/mol. The van der Waals surface area contributed by atoms with E-state index >= 15 is 0 Å². The van der Waals surface area contributed by atoms with Crippen molar-refractivity contribution in [1.29, 1.82) is 0 Å². The van der Waals surface area contributed by atoms with Crippen molar-refractivity contribution in [1.82, 2.24) is 0 Å². The van der Waals surface area contributed by atoms with Crippen molar-refractivity contribution in [3.8, 4) is 16.9 Å². The summed E-state index contributed by atoms with van der Waals surface area (Å²) >= 11 is 0. The second-order valence-corrected chi connectivity index (χ2v) is 6.56. The quantitative estimate of drug-likeness (QED) is 0.354. The predicted molar refractivity (Wildman–Crippen MR) is 99.1 cm³/mol. The van der Waals surface area contributed by atoms with Crippen molar-refractivity contribution in [2.24, 2.45) is 0 Å². The highest BCUT2D eigenvalue weighted by Crippen LogP contribution is 2.40. The molecule has 3 aromatic carbocycles. The number of alkyl halides is 5. The van der Waals surface area contributed by atoms with Crippen LogP contribution in [0.3, 0.4) is 0 Å². The number of hydrogen-bond donors (Lipinski definition) is 0. The Balaban J connectivity index is 0.00000363. The summed E-state index contributed by atoms with van der Waals surface area (Å²) in [5.41, 5.74) is -3.09.